The molecule has 2 atom stereocenters. The molecule has 2 amide bonds. The number of rotatable bonds is 8. The Morgan fingerprint density at radius 2 is 1.64 bits per heavy atom. The van der Waals surface area contributed by atoms with Crippen molar-refractivity contribution in [3.05, 3.63) is 59.7 Å². The molecule has 4 aliphatic heterocycles. The fourth-order valence-electron chi connectivity index (χ4n) is 5.98. The number of hydrogen-bond donors (Lipinski definition) is 2. The predicted molar refractivity (Wildman–Crippen MR) is 159 cm³/mol. The quantitative estimate of drug-likeness (QED) is 0.363. The van der Waals surface area contributed by atoms with Crippen LogP contribution in [0.25, 0.3) is 0 Å². The van der Waals surface area contributed by atoms with Crippen molar-refractivity contribution in [1.82, 2.24) is 9.80 Å². The van der Waals surface area contributed by atoms with Gasteiger partial charge in [-0.05, 0) is 18.6 Å². The summed E-state index contributed by atoms with van der Waals surface area (Å²) in [5.41, 5.74) is 9.58. The fraction of sp³-hybridized carbons (Fsp3) is 0.387. The van der Waals surface area contributed by atoms with Crippen LogP contribution in [0.1, 0.15) is 40.0 Å². The fourth-order valence-corrected chi connectivity index (χ4v) is 5.98. The Morgan fingerprint density at radius 3 is 2.36 bits per heavy atom. The largest absolute Gasteiger partial charge is 0.493 e. The summed E-state index contributed by atoms with van der Waals surface area (Å²) in [7, 11) is 3.08. The summed E-state index contributed by atoms with van der Waals surface area (Å²) in [6, 6.07) is 6.98. The maximum Gasteiger partial charge on any atom is 0.258 e. The number of fused-ring (bicyclic) bond motifs is 4. The van der Waals surface area contributed by atoms with E-state index in [2.05, 4.69) is 23.5 Å². The lowest BCUT2D eigenvalue weighted by Gasteiger charge is -2.29. The highest BCUT2D eigenvalue weighted by molar-refractivity contribution is 6.05. The third kappa shape index (κ3) is 4.83. The molecule has 3 N–H and O–H groups in total. The van der Waals surface area contributed by atoms with Gasteiger partial charge >= 0.3 is 0 Å². The average Bonchev–Trinajstić information content (AvgIpc) is 3.44. The molecule has 0 aliphatic carbocycles. The van der Waals surface area contributed by atoms with E-state index in [9.17, 15) is 9.59 Å². The Kier molecular flexibility index (Phi) is 7.05. The topological polar surface area (TPSA) is 128 Å². The van der Waals surface area contributed by atoms with Crippen LogP contribution in [-0.4, -0.2) is 86.6 Å². The maximum absolute atomic E-state index is 13.3. The first-order chi connectivity index (χ1) is 20.2. The molecule has 2 aromatic rings. The number of nitrogens with zero attached hydrogens (tertiary/aromatic N) is 3. The second kappa shape index (κ2) is 10.7. The molecule has 0 spiro atoms. The average molecular weight is 574 g/mol. The van der Waals surface area contributed by atoms with E-state index in [4.69, 9.17) is 24.7 Å². The smallest absolute Gasteiger partial charge is 0.258 e. The summed E-state index contributed by atoms with van der Waals surface area (Å²) >= 11 is 0. The van der Waals surface area contributed by atoms with E-state index in [1.165, 1.54) is 7.11 Å². The minimum Gasteiger partial charge on any atom is -0.493 e. The van der Waals surface area contributed by atoms with Crippen LogP contribution >= 0.6 is 0 Å². The third-order valence-corrected chi connectivity index (χ3v) is 8.09. The first-order valence-electron chi connectivity index (χ1n) is 13.9. The number of methoxy groups -OCH3 is 2. The van der Waals surface area contributed by atoms with Gasteiger partial charge in [0, 0.05) is 50.8 Å². The molecule has 2 saturated heterocycles. The number of nitrogens with two attached hydrogens (primary N) is 1. The summed E-state index contributed by atoms with van der Waals surface area (Å²) in [6.45, 7) is 10.3. The molecule has 6 rings (SSSR count). The lowest BCUT2D eigenvalue weighted by molar-refractivity contribution is 0.0702. The molecule has 11 nitrogen and oxygen atoms in total. The minimum atomic E-state index is -0.996. The number of hydrogen-bond acceptors (Lipinski definition) is 9. The van der Waals surface area contributed by atoms with Crippen LogP contribution in [0.3, 0.4) is 0 Å². The van der Waals surface area contributed by atoms with Gasteiger partial charge in [-0.25, -0.2) is 0 Å². The minimum absolute atomic E-state index is 0.0369. The zero-order valence-electron chi connectivity index (χ0n) is 23.9. The number of benzene rings is 2. The molecule has 0 radical (unpaired) electrons. The highest BCUT2D eigenvalue weighted by Crippen LogP contribution is 2.41. The number of aliphatic imine (C=N–C) groups is 1. The summed E-state index contributed by atoms with van der Waals surface area (Å²) in [6.07, 6.45) is 3.42. The van der Waals surface area contributed by atoms with E-state index in [1.807, 2.05) is 11.0 Å². The van der Waals surface area contributed by atoms with Crippen molar-refractivity contribution in [3.63, 3.8) is 0 Å². The van der Waals surface area contributed by atoms with E-state index in [0.29, 0.717) is 85.5 Å². The van der Waals surface area contributed by atoms with Crippen molar-refractivity contribution in [2.75, 3.05) is 52.4 Å². The van der Waals surface area contributed by atoms with Crippen LogP contribution in [0.2, 0.25) is 0 Å². The van der Waals surface area contributed by atoms with Crippen LogP contribution < -0.4 is 30.0 Å². The van der Waals surface area contributed by atoms with Crippen LogP contribution in [0.5, 0.6) is 23.0 Å². The number of amides is 2. The molecule has 0 aromatic heterocycles. The SMILES string of the molecule is C=C1CC2CNc3cc(OCCCOc4cc5c(cc4OC)C(=O)N4CC(=C)C[C@@]4(N)C=N5)c(OC)cc3C(=O)N2C1. The lowest BCUT2D eigenvalue weighted by atomic mass is 10.1. The second-order valence-corrected chi connectivity index (χ2v) is 11.1. The normalized spacial score (nSPS) is 22.5. The molecule has 4 aliphatic rings. The zero-order chi connectivity index (χ0) is 29.6. The summed E-state index contributed by atoms with van der Waals surface area (Å²) in [5.74, 6) is 1.65. The van der Waals surface area contributed by atoms with Gasteiger partial charge in [0.25, 0.3) is 11.8 Å². The molecule has 0 saturated carbocycles. The van der Waals surface area contributed by atoms with E-state index >= 15 is 0 Å². The highest BCUT2D eigenvalue weighted by atomic mass is 16.5. The van der Waals surface area contributed by atoms with Gasteiger partial charge in [-0.2, -0.15) is 0 Å². The monoisotopic (exact) mass is 573 g/mol. The molecule has 0 bridgehead atoms. The van der Waals surface area contributed by atoms with Gasteiger partial charge in [0.2, 0.25) is 0 Å². The molecule has 2 aromatic carbocycles. The van der Waals surface area contributed by atoms with Crippen molar-refractivity contribution in [2.45, 2.75) is 31.0 Å². The molecular weight excluding hydrogens is 538 g/mol. The Labute approximate surface area is 244 Å². The van der Waals surface area contributed by atoms with Gasteiger partial charge in [-0.1, -0.05) is 24.3 Å². The van der Waals surface area contributed by atoms with Crippen molar-refractivity contribution < 1.29 is 28.5 Å². The van der Waals surface area contributed by atoms with Crippen LogP contribution in [0.15, 0.2) is 53.6 Å². The number of carbonyl (C=O) groups excluding carboxylic acids is 2. The van der Waals surface area contributed by atoms with Gasteiger partial charge in [-0.3, -0.25) is 14.6 Å². The number of anilines is 1. The molecule has 1 unspecified atom stereocenters. The molecule has 4 heterocycles. The van der Waals surface area contributed by atoms with Crippen molar-refractivity contribution in [3.8, 4) is 23.0 Å². The molecule has 42 heavy (non-hydrogen) atoms. The Morgan fingerprint density at radius 1 is 0.952 bits per heavy atom. The van der Waals surface area contributed by atoms with Crippen molar-refractivity contribution in [2.24, 2.45) is 10.7 Å². The number of carbonyl (C=O) groups is 2. The van der Waals surface area contributed by atoms with Gasteiger partial charge in [-0.15, -0.1) is 0 Å². The highest BCUT2D eigenvalue weighted by Gasteiger charge is 2.43. The second-order valence-electron chi connectivity index (χ2n) is 11.1. The van der Waals surface area contributed by atoms with E-state index in [1.54, 1.807) is 36.4 Å². The Hall–Kier alpha value is -4.51. The molecule has 220 valence electrons. The van der Waals surface area contributed by atoms with Crippen LogP contribution in [0.4, 0.5) is 11.4 Å². The maximum atomic E-state index is 13.3. The van der Waals surface area contributed by atoms with Gasteiger partial charge in [0.1, 0.15) is 5.66 Å². The summed E-state index contributed by atoms with van der Waals surface area (Å²) in [4.78, 5) is 34.5. The number of ether oxygens (including phenoxy) is 4. The summed E-state index contributed by atoms with van der Waals surface area (Å²) in [5, 5.41) is 3.40. The zero-order valence-corrected chi connectivity index (χ0v) is 23.9. The summed E-state index contributed by atoms with van der Waals surface area (Å²) < 4.78 is 23.2. The van der Waals surface area contributed by atoms with E-state index in [0.717, 1.165) is 23.3 Å². The first kappa shape index (κ1) is 27.6. The first-order valence-corrected chi connectivity index (χ1v) is 13.9. The van der Waals surface area contributed by atoms with Gasteiger partial charge in [0.05, 0.1) is 56.0 Å². The van der Waals surface area contributed by atoms with Crippen molar-refractivity contribution in [1.29, 1.82) is 0 Å². The van der Waals surface area contributed by atoms with Gasteiger partial charge in [0.15, 0.2) is 23.0 Å². The van der Waals surface area contributed by atoms with Crippen LogP contribution in [-0.2, 0) is 0 Å². The van der Waals surface area contributed by atoms with E-state index in [-0.39, 0.29) is 17.9 Å². The molecule has 2 fully saturated rings. The Bertz CT molecular complexity index is 1520. The van der Waals surface area contributed by atoms with Crippen LogP contribution in [0, 0.1) is 0 Å². The molecule has 11 heteroatoms. The number of nitrogens with one attached hydrogen (secondary N) is 1. The third-order valence-electron chi connectivity index (χ3n) is 8.09. The standard InChI is InChI=1S/C31H35N5O6/c1-18-8-20-14-33-23-11-27(25(39-3)9-21(23)29(37)35(20)15-18)41-6-5-7-42-28-12-24-22(10-26(28)40-4)30(38)36-16-19(2)13-31(36,32)17-34-24/h9-12,17,20,33H,1-2,5-8,13-16,32H2,3-4H3/t20?,31-/m0/s1. The Balaban J connectivity index is 1.11. The van der Waals surface area contributed by atoms with Gasteiger partial charge < -0.3 is 39.8 Å². The van der Waals surface area contributed by atoms with E-state index < -0.39 is 5.66 Å². The van der Waals surface area contributed by atoms with Crippen molar-refractivity contribution >= 4 is 29.4 Å². The lowest BCUT2D eigenvalue weighted by Crippen LogP contribution is -2.54. The molecular formula is C31H35N5O6. The predicted octanol–water partition coefficient (Wildman–Crippen LogP) is 3.52.